The summed E-state index contributed by atoms with van der Waals surface area (Å²) in [6.07, 6.45) is 3.18. The van der Waals surface area contributed by atoms with Crippen LogP contribution in [0.4, 0.5) is 19.3 Å². The zero-order valence-electron chi connectivity index (χ0n) is 16.2. The second-order valence-electron chi connectivity index (χ2n) is 7.37. The maximum absolute atomic E-state index is 13.6. The maximum atomic E-state index is 13.6. The van der Waals surface area contributed by atoms with E-state index in [1.807, 2.05) is 0 Å². The van der Waals surface area contributed by atoms with Crippen molar-refractivity contribution in [2.24, 2.45) is 11.8 Å². The van der Waals surface area contributed by atoms with Gasteiger partial charge >= 0.3 is 6.03 Å². The predicted molar refractivity (Wildman–Crippen MR) is 101 cm³/mol. The van der Waals surface area contributed by atoms with Gasteiger partial charge in [0.2, 0.25) is 5.91 Å². The van der Waals surface area contributed by atoms with Crippen LogP contribution in [0.25, 0.3) is 0 Å². The van der Waals surface area contributed by atoms with Crippen molar-refractivity contribution in [2.45, 2.75) is 32.6 Å². The second kappa shape index (κ2) is 10.7. The minimum Gasteiger partial charge on any atom is -0.338 e. The molecule has 4 N–H and O–H groups in total. The van der Waals surface area contributed by atoms with Gasteiger partial charge in [-0.25, -0.2) is 19.1 Å². The largest absolute Gasteiger partial charge is 0.338 e. The van der Waals surface area contributed by atoms with Crippen LogP contribution in [-0.2, 0) is 9.59 Å². The second-order valence-corrected chi connectivity index (χ2v) is 7.37. The van der Waals surface area contributed by atoms with E-state index in [0.717, 1.165) is 37.5 Å². The Bertz CT molecular complexity index is 743. The third-order valence-corrected chi connectivity index (χ3v) is 4.83. The van der Waals surface area contributed by atoms with Crippen molar-refractivity contribution in [2.75, 3.05) is 25.0 Å². The van der Waals surface area contributed by atoms with Gasteiger partial charge in [0.05, 0.1) is 5.69 Å². The van der Waals surface area contributed by atoms with Crippen molar-refractivity contribution in [3.63, 3.8) is 0 Å². The first-order valence-corrected chi connectivity index (χ1v) is 9.49. The number of benzene rings is 1. The standard InChI is InChI=1S/C19H26F2N4O4/c1-12(9-22-19(28)23-16-8-14(20)5-6-15(16)21)7-18(27)25(11-17(26)24-29)10-13-3-2-4-13/h5-6,8,12-13,29H,2-4,7,9-11H2,1H3,(H,24,26)(H2,22,23,28). The van der Waals surface area contributed by atoms with Gasteiger partial charge in [-0.2, -0.15) is 0 Å². The lowest BCUT2D eigenvalue weighted by molar-refractivity contribution is -0.140. The molecule has 1 unspecified atom stereocenters. The van der Waals surface area contributed by atoms with Crippen molar-refractivity contribution in [1.29, 1.82) is 0 Å². The number of anilines is 1. The van der Waals surface area contributed by atoms with Crippen LogP contribution in [0, 0.1) is 23.5 Å². The zero-order chi connectivity index (χ0) is 21.4. The van der Waals surface area contributed by atoms with Gasteiger partial charge in [-0.1, -0.05) is 13.3 Å². The summed E-state index contributed by atoms with van der Waals surface area (Å²) in [6, 6.07) is 2.00. The van der Waals surface area contributed by atoms with Crippen LogP contribution >= 0.6 is 0 Å². The van der Waals surface area contributed by atoms with Crippen LogP contribution in [0.1, 0.15) is 32.6 Å². The molecule has 4 amide bonds. The molecule has 0 radical (unpaired) electrons. The van der Waals surface area contributed by atoms with Gasteiger partial charge < -0.3 is 15.5 Å². The molecular weight excluding hydrogens is 386 g/mol. The molecule has 1 fully saturated rings. The van der Waals surface area contributed by atoms with Crippen molar-refractivity contribution >= 4 is 23.5 Å². The van der Waals surface area contributed by atoms with E-state index in [2.05, 4.69) is 10.6 Å². The summed E-state index contributed by atoms with van der Waals surface area (Å²) < 4.78 is 26.7. The fourth-order valence-corrected chi connectivity index (χ4v) is 2.98. The lowest BCUT2D eigenvalue weighted by atomic mass is 9.85. The predicted octanol–water partition coefficient (Wildman–Crippen LogP) is 2.25. The number of rotatable bonds is 9. The number of amides is 4. The molecule has 29 heavy (non-hydrogen) atoms. The molecule has 0 aliphatic heterocycles. The van der Waals surface area contributed by atoms with Gasteiger partial charge in [0, 0.05) is 25.6 Å². The monoisotopic (exact) mass is 412 g/mol. The molecule has 0 spiro atoms. The van der Waals surface area contributed by atoms with E-state index in [-0.39, 0.29) is 37.0 Å². The van der Waals surface area contributed by atoms with E-state index in [4.69, 9.17) is 5.21 Å². The topological polar surface area (TPSA) is 111 Å². The maximum Gasteiger partial charge on any atom is 0.319 e. The fraction of sp³-hybridized carbons (Fsp3) is 0.526. The van der Waals surface area contributed by atoms with Gasteiger partial charge in [-0.3, -0.25) is 14.8 Å². The molecule has 0 aromatic heterocycles. The normalized spacial score (nSPS) is 14.5. The Morgan fingerprint density at radius 2 is 2.00 bits per heavy atom. The number of urea groups is 1. The molecule has 1 aromatic rings. The van der Waals surface area contributed by atoms with Crippen LogP contribution in [0.15, 0.2) is 18.2 Å². The van der Waals surface area contributed by atoms with E-state index in [1.165, 1.54) is 10.4 Å². The number of halogens is 2. The molecule has 1 aliphatic carbocycles. The highest BCUT2D eigenvalue weighted by molar-refractivity contribution is 5.89. The Morgan fingerprint density at radius 3 is 2.62 bits per heavy atom. The van der Waals surface area contributed by atoms with Gasteiger partial charge in [0.15, 0.2) is 0 Å². The summed E-state index contributed by atoms with van der Waals surface area (Å²) in [5.74, 6) is -2.28. The quantitative estimate of drug-likeness (QED) is 0.368. The van der Waals surface area contributed by atoms with Crippen LogP contribution in [0.2, 0.25) is 0 Å². The van der Waals surface area contributed by atoms with Gasteiger partial charge in [-0.05, 0) is 36.8 Å². The molecule has 1 atom stereocenters. The summed E-state index contributed by atoms with van der Waals surface area (Å²) in [5.41, 5.74) is 1.24. The fourth-order valence-electron chi connectivity index (χ4n) is 2.98. The lowest BCUT2D eigenvalue weighted by Gasteiger charge is -2.32. The van der Waals surface area contributed by atoms with Gasteiger partial charge in [0.1, 0.15) is 18.2 Å². The first-order chi connectivity index (χ1) is 13.8. The highest BCUT2D eigenvalue weighted by atomic mass is 19.1. The van der Waals surface area contributed by atoms with Crippen molar-refractivity contribution in [3.8, 4) is 0 Å². The Morgan fingerprint density at radius 1 is 1.28 bits per heavy atom. The van der Waals surface area contributed by atoms with E-state index >= 15 is 0 Å². The molecule has 1 saturated carbocycles. The molecule has 8 nitrogen and oxygen atoms in total. The van der Waals surface area contributed by atoms with E-state index in [9.17, 15) is 23.2 Å². The number of hydrogen-bond donors (Lipinski definition) is 4. The Balaban J connectivity index is 1.81. The molecule has 0 saturated heterocycles. The average molecular weight is 412 g/mol. The summed E-state index contributed by atoms with van der Waals surface area (Å²) in [5, 5.41) is 13.4. The lowest BCUT2D eigenvalue weighted by Crippen LogP contribution is -2.44. The van der Waals surface area contributed by atoms with Gasteiger partial charge in [0.25, 0.3) is 5.91 Å². The summed E-state index contributed by atoms with van der Waals surface area (Å²) >= 11 is 0. The zero-order valence-corrected chi connectivity index (χ0v) is 16.2. The molecular formula is C19H26F2N4O4. The Labute approximate surface area is 167 Å². The van der Waals surface area contributed by atoms with Crippen LogP contribution in [0.3, 0.4) is 0 Å². The molecule has 0 heterocycles. The molecule has 2 rings (SSSR count). The van der Waals surface area contributed by atoms with Crippen LogP contribution in [0.5, 0.6) is 0 Å². The van der Waals surface area contributed by atoms with Crippen molar-refractivity contribution in [1.82, 2.24) is 15.7 Å². The molecule has 10 heteroatoms. The van der Waals surface area contributed by atoms with Crippen LogP contribution in [-0.4, -0.2) is 47.6 Å². The third-order valence-electron chi connectivity index (χ3n) is 4.83. The van der Waals surface area contributed by atoms with Gasteiger partial charge in [-0.15, -0.1) is 0 Å². The first-order valence-electron chi connectivity index (χ1n) is 9.49. The first kappa shape index (κ1) is 22.5. The average Bonchev–Trinajstić information content (AvgIpc) is 2.64. The summed E-state index contributed by atoms with van der Waals surface area (Å²) in [4.78, 5) is 37.3. The third kappa shape index (κ3) is 7.30. The number of carbonyl (C=O) groups excluding carboxylic acids is 3. The Hall–Kier alpha value is -2.75. The molecule has 0 bridgehead atoms. The smallest absolute Gasteiger partial charge is 0.319 e. The number of nitrogens with zero attached hydrogens (tertiary/aromatic N) is 1. The summed E-state index contributed by atoms with van der Waals surface area (Å²) in [6.45, 7) is 2.09. The minimum atomic E-state index is -0.765. The Kier molecular flexibility index (Phi) is 8.32. The number of hydroxylamine groups is 1. The van der Waals surface area contributed by atoms with Crippen LogP contribution < -0.4 is 16.1 Å². The molecule has 1 aromatic carbocycles. The SMILES string of the molecule is CC(CNC(=O)Nc1cc(F)ccc1F)CC(=O)N(CC(=O)NO)CC1CCC1. The molecule has 1 aliphatic rings. The molecule has 160 valence electrons. The minimum absolute atomic E-state index is 0.0834. The number of nitrogens with one attached hydrogen (secondary N) is 3. The van der Waals surface area contributed by atoms with E-state index < -0.39 is 23.6 Å². The van der Waals surface area contributed by atoms with E-state index in [0.29, 0.717) is 12.5 Å². The number of carbonyl (C=O) groups is 3. The van der Waals surface area contributed by atoms with Crippen molar-refractivity contribution in [3.05, 3.63) is 29.8 Å². The van der Waals surface area contributed by atoms with Crippen molar-refractivity contribution < 1.29 is 28.4 Å². The summed E-state index contributed by atoms with van der Waals surface area (Å²) in [7, 11) is 0. The highest BCUT2D eigenvalue weighted by Gasteiger charge is 2.26. The highest BCUT2D eigenvalue weighted by Crippen LogP contribution is 2.27. The van der Waals surface area contributed by atoms with E-state index in [1.54, 1.807) is 6.92 Å². The number of hydrogen-bond acceptors (Lipinski definition) is 4.